The zero-order valence-corrected chi connectivity index (χ0v) is 13.2. The second-order valence-electron chi connectivity index (χ2n) is 1.92. The second-order valence-corrected chi connectivity index (χ2v) is 3.90. The maximum atomic E-state index is 9.00. The first kappa shape index (κ1) is 26.2. The number of rotatable bonds is 0. The third kappa shape index (κ3) is 107. The minimum atomic E-state index is -0.833. The van der Waals surface area contributed by atoms with Crippen LogP contribution in [0.3, 0.4) is 0 Å². The van der Waals surface area contributed by atoms with Crippen LogP contribution in [-0.4, -0.2) is 27.6 Å². The van der Waals surface area contributed by atoms with Crippen molar-refractivity contribution in [1.82, 2.24) is 0 Å². The van der Waals surface area contributed by atoms with Gasteiger partial charge in [-0.15, -0.1) is 0 Å². The van der Waals surface area contributed by atoms with E-state index in [-0.39, 0.29) is 0 Å². The molecule has 1 aromatic carbocycles. The number of aliphatic carboxylic acids is 1. The Bertz CT molecular complexity index is 186. The summed E-state index contributed by atoms with van der Waals surface area (Å²) in [5, 5.41) is 14.4. The number of hydrogen-bond acceptors (Lipinski definition) is 2. The number of carboxylic acid groups (broad SMARTS) is 1. The van der Waals surface area contributed by atoms with Gasteiger partial charge >= 0.3 is 0 Å². The molecule has 0 saturated heterocycles. The van der Waals surface area contributed by atoms with Gasteiger partial charge in [-0.2, -0.15) is 0 Å². The van der Waals surface area contributed by atoms with Crippen molar-refractivity contribution >= 4 is 40.8 Å². The molecule has 0 amide bonds. The topological polar surface area (TPSA) is 57.5 Å². The van der Waals surface area contributed by atoms with Gasteiger partial charge < -0.3 is 10.2 Å². The molecule has 18 heavy (non-hydrogen) atoms. The van der Waals surface area contributed by atoms with Crippen molar-refractivity contribution in [3.05, 3.63) is 36.4 Å². The van der Waals surface area contributed by atoms with Crippen LogP contribution in [-0.2, 0) is 4.79 Å². The molecule has 6 heteroatoms. The van der Waals surface area contributed by atoms with Crippen LogP contribution in [0.2, 0.25) is 0 Å². The minimum Gasteiger partial charge on any atom is -0.481 e. The van der Waals surface area contributed by atoms with Gasteiger partial charge in [0.1, 0.15) is 0 Å². The number of aliphatic hydroxyl groups excluding tert-OH is 1. The number of benzene rings is 1. The Balaban J connectivity index is -0.0000000737. The lowest BCUT2D eigenvalue weighted by atomic mass is 10.4. The Morgan fingerprint density at radius 3 is 1.00 bits per heavy atom. The molecular formula is C12H21Cl3O3. The highest BCUT2D eigenvalue weighted by atomic mass is 35.6. The molecule has 0 heterocycles. The van der Waals surface area contributed by atoms with E-state index in [1.165, 1.54) is 0 Å². The van der Waals surface area contributed by atoms with Gasteiger partial charge in [-0.05, 0) is 0 Å². The molecule has 0 bridgehead atoms. The monoisotopic (exact) mass is 318 g/mol. The predicted octanol–water partition coefficient (Wildman–Crippen LogP) is 4.40. The molecular weight excluding hydrogens is 298 g/mol. The summed E-state index contributed by atoms with van der Waals surface area (Å²) in [6.45, 7) is 5.08. The summed E-state index contributed by atoms with van der Waals surface area (Å²) in [6.07, 6.45) is 0. The Kier molecular flexibility index (Phi) is 43.6. The fourth-order valence-corrected chi connectivity index (χ4v) is 0.385. The molecule has 0 aliphatic rings. The summed E-state index contributed by atoms with van der Waals surface area (Å²) < 4.78 is -0.750. The van der Waals surface area contributed by atoms with Crippen molar-refractivity contribution in [3.8, 4) is 0 Å². The first-order chi connectivity index (χ1) is 8.46. The van der Waals surface area contributed by atoms with E-state index < -0.39 is 10.3 Å². The molecule has 0 unspecified atom stereocenters. The van der Waals surface area contributed by atoms with Crippen LogP contribution in [0, 0.1) is 0 Å². The van der Waals surface area contributed by atoms with Crippen molar-refractivity contribution in [3.63, 3.8) is 0 Å². The molecule has 0 aromatic heterocycles. The minimum absolute atomic E-state index is 0.750. The molecule has 1 aromatic rings. The summed E-state index contributed by atoms with van der Waals surface area (Å²) in [5.74, 6) is -0.833. The third-order valence-corrected chi connectivity index (χ3v) is 0.667. The summed E-state index contributed by atoms with van der Waals surface area (Å²) in [5.41, 5.74) is 0. The molecule has 0 atom stereocenters. The van der Waals surface area contributed by atoms with Gasteiger partial charge in [0.05, 0.1) is 0 Å². The highest BCUT2D eigenvalue weighted by Crippen LogP contribution is 2.03. The van der Waals surface area contributed by atoms with Gasteiger partial charge in [0, 0.05) is 14.0 Å². The molecule has 0 radical (unpaired) electrons. The molecule has 2 N–H and O–H groups in total. The van der Waals surface area contributed by atoms with Gasteiger partial charge in [0.2, 0.25) is 0 Å². The van der Waals surface area contributed by atoms with Crippen LogP contribution in [0.25, 0.3) is 0 Å². The quantitative estimate of drug-likeness (QED) is 0.697. The van der Waals surface area contributed by atoms with E-state index in [1.807, 2.05) is 50.2 Å². The summed E-state index contributed by atoms with van der Waals surface area (Å²) in [6, 6.07) is 12.0. The number of alkyl halides is 3. The Morgan fingerprint density at radius 2 is 0.944 bits per heavy atom. The molecule has 0 aliphatic heterocycles. The molecule has 0 aliphatic carbocycles. The summed E-state index contributed by atoms with van der Waals surface area (Å²) in [4.78, 5) is 9.00. The number of carboxylic acids is 1. The maximum absolute atomic E-state index is 9.00. The molecule has 0 fully saturated rings. The number of aliphatic hydroxyl groups is 1. The standard InChI is InChI=1S/C6H6.C2H4O2.C2H6.CHCl3.CH4O/c1-2-4-6-5-3-1;1-2(3)4;1-2;2-1(3)4;1-2/h1-6H;1H3,(H,3,4);1-2H3;1H;2H,1H3. The number of halogens is 3. The Morgan fingerprint density at radius 1 is 0.889 bits per heavy atom. The van der Waals surface area contributed by atoms with Crippen molar-refractivity contribution in [1.29, 1.82) is 0 Å². The highest BCUT2D eigenvalue weighted by Gasteiger charge is 1.78. The lowest BCUT2D eigenvalue weighted by Crippen LogP contribution is -1.78. The maximum Gasteiger partial charge on any atom is 0.300 e. The molecule has 108 valence electrons. The largest absolute Gasteiger partial charge is 0.481 e. The van der Waals surface area contributed by atoms with Crippen LogP contribution in [0.1, 0.15) is 20.8 Å². The van der Waals surface area contributed by atoms with Crippen LogP contribution in [0.15, 0.2) is 36.4 Å². The van der Waals surface area contributed by atoms with Crippen LogP contribution in [0.5, 0.6) is 0 Å². The fraction of sp³-hybridized carbons (Fsp3) is 0.417. The van der Waals surface area contributed by atoms with E-state index in [0.717, 1.165) is 14.0 Å². The lowest BCUT2D eigenvalue weighted by Gasteiger charge is -1.69. The van der Waals surface area contributed by atoms with Gasteiger partial charge in [0.25, 0.3) is 5.97 Å². The fourth-order valence-electron chi connectivity index (χ4n) is 0.385. The smallest absolute Gasteiger partial charge is 0.300 e. The molecule has 3 nitrogen and oxygen atoms in total. The normalized spacial score (nSPS) is 6.72. The summed E-state index contributed by atoms with van der Waals surface area (Å²) >= 11 is 14.4. The second kappa shape index (κ2) is 30.0. The average Bonchev–Trinajstić information content (AvgIpc) is 2.35. The third-order valence-electron chi connectivity index (χ3n) is 0.667. The lowest BCUT2D eigenvalue weighted by molar-refractivity contribution is -0.134. The van der Waals surface area contributed by atoms with Gasteiger partial charge in [0.15, 0.2) is 4.30 Å². The van der Waals surface area contributed by atoms with Crippen molar-refractivity contribution in [2.45, 2.75) is 25.1 Å². The van der Waals surface area contributed by atoms with E-state index in [4.69, 9.17) is 49.8 Å². The first-order valence-electron chi connectivity index (χ1n) is 5.03. The van der Waals surface area contributed by atoms with E-state index in [0.29, 0.717) is 0 Å². The van der Waals surface area contributed by atoms with Crippen LogP contribution in [0.4, 0.5) is 0 Å². The van der Waals surface area contributed by atoms with Crippen LogP contribution < -0.4 is 0 Å². The van der Waals surface area contributed by atoms with E-state index in [2.05, 4.69) is 0 Å². The average molecular weight is 320 g/mol. The van der Waals surface area contributed by atoms with Crippen molar-refractivity contribution in [2.75, 3.05) is 7.11 Å². The Labute approximate surface area is 124 Å². The van der Waals surface area contributed by atoms with Crippen molar-refractivity contribution in [2.24, 2.45) is 0 Å². The summed E-state index contributed by atoms with van der Waals surface area (Å²) in [7, 11) is 1.00. The number of hydrogen-bond donors (Lipinski definition) is 2. The molecule has 0 spiro atoms. The number of carbonyl (C=O) groups is 1. The van der Waals surface area contributed by atoms with Gasteiger partial charge in [-0.25, -0.2) is 0 Å². The molecule has 1 rings (SSSR count). The molecule has 0 saturated carbocycles. The van der Waals surface area contributed by atoms with Gasteiger partial charge in [-0.1, -0.05) is 85.0 Å². The van der Waals surface area contributed by atoms with Crippen molar-refractivity contribution < 1.29 is 15.0 Å². The van der Waals surface area contributed by atoms with E-state index in [1.54, 1.807) is 0 Å². The first-order valence-corrected chi connectivity index (χ1v) is 6.34. The highest BCUT2D eigenvalue weighted by molar-refractivity contribution is 6.63. The zero-order chi connectivity index (χ0) is 15.4. The van der Waals surface area contributed by atoms with Gasteiger partial charge in [-0.3, -0.25) is 4.79 Å². The van der Waals surface area contributed by atoms with E-state index in [9.17, 15) is 0 Å². The van der Waals surface area contributed by atoms with Crippen LogP contribution >= 0.6 is 34.8 Å². The zero-order valence-electron chi connectivity index (χ0n) is 11.0. The predicted molar refractivity (Wildman–Crippen MR) is 80.6 cm³/mol. The SMILES string of the molecule is CC.CC(=O)O.CO.ClC(Cl)Cl.c1ccccc1. The van der Waals surface area contributed by atoms with E-state index >= 15 is 0 Å². The Hall–Kier alpha value is -0.480.